The van der Waals surface area contributed by atoms with E-state index in [2.05, 4.69) is 4.98 Å². The number of ether oxygens (including phenoxy) is 2. The molecule has 13 heavy (non-hydrogen) atoms. The molecule has 1 N–H and O–H groups in total. The maximum atomic E-state index is 9.20. The summed E-state index contributed by atoms with van der Waals surface area (Å²) in [7, 11) is 1.64. The average molecular weight is 183 g/mol. The highest BCUT2D eigenvalue weighted by Crippen LogP contribution is 2.21. The van der Waals surface area contributed by atoms with Crippen molar-refractivity contribution in [3.05, 3.63) is 18.3 Å². The molecule has 1 rings (SSSR count). The molecule has 4 heteroatoms. The number of aromatic hydroxyl groups is 1. The van der Waals surface area contributed by atoms with Crippen LogP contribution in [0.2, 0.25) is 0 Å². The molecule has 1 aromatic heterocycles. The van der Waals surface area contributed by atoms with Gasteiger partial charge in [-0.25, -0.2) is 4.98 Å². The lowest BCUT2D eigenvalue weighted by Gasteiger charge is -2.05. The molecule has 72 valence electrons. The van der Waals surface area contributed by atoms with Crippen LogP contribution in [-0.2, 0) is 4.74 Å². The fourth-order valence-corrected chi connectivity index (χ4v) is 0.880. The monoisotopic (exact) mass is 183 g/mol. The van der Waals surface area contributed by atoms with Gasteiger partial charge in [0, 0.05) is 26.3 Å². The first-order valence-corrected chi connectivity index (χ1v) is 4.10. The molecule has 0 fully saturated rings. The molecular weight excluding hydrogens is 170 g/mol. The zero-order valence-corrected chi connectivity index (χ0v) is 7.56. The number of hydrogen-bond acceptors (Lipinski definition) is 4. The second kappa shape index (κ2) is 5.37. The van der Waals surface area contributed by atoms with Gasteiger partial charge >= 0.3 is 0 Å². The normalized spacial score (nSPS) is 9.92. The minimum Gasteiger partial charge on any atom is -0.491 e. The Morgan fingerprint density at radius 3 is 3.00 bits per heavy atom. The number of methoxy groups -OCH3 is 1. The molecule has 0 atom stereocenters. The van der Waals surface area contributed by atoms with Crippen LogP contribution in [0.4, 0.5) is 0 Å². The van der Waals surface area contributed by atoms with Crippen LogP contribution in [0.5, 0.6) is 11.6 Å². The Bertz CT molecular complexity index is 252. The number of hydrogen-bond donors (Lipinski definition) is 1. The van der Waals surface area contributed by atoms with Crippen molar-refractivity contribution >= 4 is 0 Å². The van der Waals surface area contributed by atoms with Crippen molar-refractivity contribution < 1.29 is 14.6 Å². The van der Waals surface area contributed by atoms with Gasteiger partial charge in [0.1, 0.15) is 0 Å². The smallest absolute Gasteiger partial charge is 0.254 e. The molecule has 0 saturated carbocycles. The highest BCUT2D eigenvalue weighted by Gasteiger charge is 2.00. The van der Waals surface area contributed by atoms with Gasteiger partial charge in [0.2, 0.25) is 0 Å². The summed E-state index contributed by atoms with van der Waals surface area (Å²) in [4.78, 5) is 3.68. The van der Waals surface area contributed by atoms with Crippen molar-refractivity contribution in [2.45, 2.75) is 6.42 Å². The minimum absolute atomic E-state index is 0.0695. The van der Waals surface area contributed by atoms with Crippen molar-refractivity contribution in [2.24, 2.45) is 0 Å². The molecule has 0 amide bonds. The fourth-order valence-electron chi connectivity index (χ4n) is 0.880. The van der Waals surface area contributed by atoms with E-state index in [9.17, 15) is 5.11 Å². The summed E-state index contributed by atoms with van der Waals surface area (Å²) in [5.74, 6) is 0.346. The first-order valence-electron chi connectivity index (χ1n) is 4.10. The molecule has 0 aliphatic heterocycles. The highest BCUT2D eigenvalue weighted by atomic mass is 16.5. The second-order valence-corrected chi connectivity index (χ2v) is 2.52. The molecule has 0 aliphatic rings. The highest BCUT2D eigenvalue weighted by molar-refractivity contribution is 5.30. The number of nitrogens with zero attached hydrogens (tertiary/aromatic N) is 1. The Morgan fingerprint density at radius 2 is 2.31 bits per heavy atom. The number of rotatable bonds is 5. The van der Waals surface area contributed by atoms with Crippen molar-refractivity contribution in [1.29, 1.82) is 0 Å². The van der Waals surface area contributed by atoms with Gasteiger partial charge in [-0.05, 0) is 12.1 Å². The van der Waals surface area contributed by atoms with Crippen LogP contribution in [0.25, 0.3) is 0 Å². The third-order valence-electron chi connectivity index (χ3n) is 1.50. The van der Waals surface area contributed by atoms with E-state index in [0.29, 0.717) is 19.0 Å². The molecule has 4 nitrogen and oxygen atoms in total. The van der Waals surface area contributed by atoms with Crippen molar-refractivity contribution in [2.75, 3.05) is 20.3 Å². The summed E-state index contributed by atoms with van der Waals surface area (Å²) in [6.45, 7) is 1.17. The van der Waals surface area contributed by atoms with E-state index >= 15 is 0 Å². The first kappa shape index (κ1) is 9.80. The molecule has 0 saturated heterocycles. The molecule has 0 aromatic carbocycles. The predicted molar refractivity (Wildman–Crippen MR) is 47.9 cm³/mol. The Hall–Kier alpha value is -1.29. The van der Waals surface area contributed by atoms with Crippen LogP contribution in [0.1, 0.15) is 6.42 Å². The molecule has 0 spiro atoms. The van der Waals surface area contributed by atoms with Gasteiger partial charge in [-0.1, -0.05) is 0 Å². The van der Waals surface area contributed by atoms with E-state index in [-0.39, 0.29) is 5.88 Å². The van der Waals surface area contributed by atoms with Crippen molar-refractivity contribution in [3.63, 3.8) is 0 Å². The summed E-state index contributed by atoms with van der Waals surface area (Å²) < 4.78 is 10.1. The molecule has 0 radical (unpaired) electrons. The lowest BCUT2D eigenvalue weighted by molar-refractivity contribution is 0.170. The van der Waals surface area contributed by atoms with Gasteiger partial charge in [0.25, 0.3) is 5.88 Å². The van der Waals surface area contributed by atoms with Crippen LogP contribution in [0.15, 0.2) is 18.3 Å². The van der Waals surface area contributed by atoms with Gasteiger partial charge in [-0.15, -0.1) is 0 Å². The second-order valence-electron chi connectivity index (χ2n) is 2.52. The van der Waals surface area contributed by atoms with Crippen LogP contribution in [-0.4, -0.2) is 30.4 Å². The van der Waals surface area contributed by atoms with Gasteiger partial charge in [0.15, 0.2) is 5.75 Å². The SMILES string of the molecule is COCCCOc1cccnc1O. The van der Waals surface area contributed by atoms with E-state index < -0.39 is 0 Å². The molecule has 0 bridgehead atoms. The molecule has 0 aliphatic carbocycles. The Labute approximate surface area is 77.1 Å². The Morgan fingerprint density at radius 1 is 1.46 bits per heavy atom. The lowest BCUT2D eigenvalue weighted by atomic mass is 10.4. The van der Waals surface area contributed by atoms with Crippen LogP contribution in [0.3, 0.4) is 0 Å². The predicted octanol–water partition coefficient (Wildman–Crippen LogP) is 1.20. The topological polar surface area (TPSA) is 51.6 Å². The van der Waals surface area contributed by atoms with Gasteiger partial charge in [0.05, 0.1) is 6.61 Å². The molecule has 1 aromatic rings. The quantitative estimate of drug-likeness (QED) is 0.697. The largest absolute Gasteiger partial charge is 0.491 e. The van der Waals surface area contributed by atoms with E-state index in [1.165, 1.54) is 6.20 Å². The molecule has 0 unspecified atom stereocenters. The van der Waals surface area contributed by atoms with Crippen LogP contribution in [0, 0.1) is 0 Å². The summed E-state index contributed by atoms with van der Waals surface area (Å²) in [5.41, 5.74) is 0. The van der Waals surface area contributed by atoms with Crippen LogP contribution >= 0.6 is 0 Å². The first-order chi connectivity index (χ1) is 6.34. The fraction of sp³-hybridized carbons (Fsp3) is 0.444. The van der Waals surface area contributed by atoms with E-state index in [4.69, 9.17) is 9.47 Å². The maximum Gasteiger partial charge on any atom is 0.254 e. The van der Waals surface area contributed by atoms with Crippen molar-refractivity contribution in [3.8, 4) is 11.6 Å². The maximum absolute atomic E-state index is 9.20. The van der Waals surface area contributed by atoms with Gasteiger partial charge in [-0.2, -0.15) is 0 Å². The summed E-state index contributed by atoms with van der Waals surface area (Å²) >= 11 is 0. The van der Waals surface area contributed by atoms with Gasteiger partial charge < -0.3 is 14.6 Å². The van der Waals surface area contributed by atoms with Crippen molar-refractivity contribution in [1.82, 2.24) is 4.98 Å². The summed E-state index contributed by atoms with van der Waals surface area (Å²) in [6, 6.07) is 3.39. The lowest BCUT2D eigenvalue weighted by Crippen LogP contribution is -2.01. The number of aromatic nitrogens is 1. The molecule has 1 heterocycles. The standard InChI is InChI=1S/C9H13NO3/c1-12-6-3-7-13-8-4-2-5-10-9(8)11/h2,4-5H,3,6-7H2,1H3,(H,10,11). The van der Waals surface area contributed by atoms with E-state index in [1.807, 2.05) is 0 Å². The van der Waals surface area contributed by atoms with Gasteiger partial charge in [-0.3, -0.25) is 0 Å². The average Bonchev–Trinajstić information content (AvgIpc) is 2.15. The van der Waals surface area contributed by atoms with Crippen LogP contribution < -0.4 is 4.74 Å². The number of pyridine rings is 1. The Kier molecular flexibility index (Phi) is 4.05. The minimum atomic E-state index is -0.0695. The Balaban J connectivity index is 2.32. The zero-order chi connectivity index (χ0) is 9.52. The zero-order valence-electron chi connectivity index (χ0n) is 7.56. The van der Waals surface area contributed by atoms with E-state index in [1.54, 1.807) is 19.2 Å². The summed E-state index contributed by atoms with van der Waals surface area (Å²) in [6.07, 6.45) is 2.31. The summed E-state index contributed by atoms with van der Waals surface area (Å²) in [5, 5.41) is 9.20. The van der Waals surface area contributed by atoms with E-state index in [0.717, 1.165) is 6.42 Å². The third-order valence-corrected chi connectivity index (χ3v) is 1.50. The third kappa shape index (κ3) is 3.29. The molecular formula is C9H13NO3.